The first kappa shape index (κ1) is 12.1. The summed E-state index contributed by atoms with van der Waals surface area (Å²) in [4.78, 5) is 0. The maximum atomic E-state index is 5.90. The highest BCUT2D eigenvalue weighted by Gasteiger charge is 2.36. The molecule has 0 spiro atoms. The van der Waals surface area contributed by atoms with E-state index in [2.05, 4.69) is 13.8 Å². The van der Waals surface area contributed by atoms with Gasteiger partial charge in [0.2, 0.25) is 0 Å². The highest BCUT2D eigenvalue weighted by Crippen LogP contribution is 2.27. The van der Waals surface area contributed by atoms with Gasteiger partial charge in [-0.2, -0.15) is 0 Å². The smallest absolute Gasteiger partial charge is 0.491 e. The summed E-state index contributed by atoms with van der Waals surface area (Å²) in [6.45, 7) is 5.73. The van der Waals surface area contributed by atoms with Crippen LogP contribution in [0.1, 0.15) is 26.7 Å². The summed E-state index contributed by atoms with van der Waals surface area (Å²) >= 11 is 0. The van der Waals surface area contributed by atoms with Crippen LogP contribution in [0.3, 0.4) is 0 Å². The van der Waals surface area contributed by atoms with Crippen LogP contribution in [0, 0.1) is 5.41 Å². The van der Waals surface area contributed by atoms with Crippen molar-refractivity contribution in [1.82, 2.24) is 0 Å². The first-order chi connectivity index (χ1) is 8.64. The molecule has 18 heavy (non-hydrogen) atoms. The van der Waals surface area contributed by atoms with Crippen molar-refractivity contribution < 1.29 is 14.0 Å². The molecule has 1 heterocycles. The average molecular weight is 246 g/mol. The molecule has 1 aliphatic carbocycles. The lowest BCUT2D eigenvalue weighted by Gasteiger charge is -2.33. The first-order valence-electron chi connectivity index (χ1n) is 6.63. The van der Waals surface area contributed by atoms with Crippen LogP contribution in [-0.2, 0) is 9.31 Å². The molecule has 1 saturated heterocycles. The third-order valence-electron chi connectivity index (χ3n) is 3.24. The van der Waals surface area contributed by atoms with E-state index in [1.165, 1.54) is 0 Å². The summed E-state index contributed by atoms with van der Waals surface area (Å²) in [5.74, 6) is 0.907. The number of benzene rings is 1. The molecule has 0 bridgehead atoms. The van der Waals surface area contributed by atoms with Crippen LogP contribution in [-0.4, -0.2) is 26.4 Å². The lowest BCUT2D eigenvalue weighted by atomic mass is 9.75. The van der Waals surface area contributed by atoms with E-state index in [1.807, 2.05) is 24.3 Å². The number of hydrogen-bond acceptors (Lipinski definition) is 3. The minimum Gasteiger partial charge on any atom is -0.491 e. The van der Waals surface area contributed by atoms with Crippen LogP contribution < -0.4 is 10.2 Å². The maximum Gasteiger partial charge on any atom is 0.497 e. The molecule has 0 atom stereocenters. The molecule has 2 aliphatic rings. The van der Waals surface area contributed by atoms with E-state index in [4.69, 9.17) is 14.0 Å². The van der Waals surface area contributed by atoms with Gasteiger partial charge in [0.1, 0.15) is 5.75 Å². The summed E-state index contributed by atoms with van der Waals surface area (Å²) in [7, 11) is -0.284. The third-order valence-corrected chi connectivity index (χ3v) is 3.24. The van der Waals surface area contributed by atoms with E-state index in [1.54, 1.807) is 0 Å². The normalized spacial score (nSPS) is 22.9. The standard InChI is InChI=1S/C14H19BO3/c1-14(2)9-16-15(17-10-14)12-5-3-4-6-13(12)18-11-7-8-11/h3-6,11H,7-10H2,1-2H3. The Morgan fingerprint density at radius 3 is 2.50 bits per heavy atom. The highest BCUT2D eigenvalue weighted by atomic mass is 16.6. The molecular formula is C14H19BO3. The molecule has 0 amide bonds. The van der Waals surface area contributed by atoms with Gasteiger partial charge in [0.25, 0.3) is 0 Å². The van der Waals surface area contributed by atoms with Crippen molar-refractivity contribution in [2.24, 2.45) is 5.41 Å². The van der Waals surface area contributed by atoms with Crippen LogP contribution in [0.2, 0.25) is 0 Å². The summed E-state index contributed by atoms with van der Waals surface area (Å²) < 4.78 is 17.5. The Labute approximate surface area is 109 Å². The molecule has 4 heteroatoms. The summed E-state index contributed by atoms with van der Waals surface area (Å²) in [6.07, 6.45) is 2.72. The van der Waals surface area contributed by atoms with E-state index in [-0.39, 0.29) is 12.5 Å². The molecule has 0 N–H and O–H groups in total. The van der Waals surface area contributed by atoms with E-state index >= 15 is 0 Å². The van der Waals surface area contributed by atoms with Crippen LogP contribution in [0.4, 0.5) is 0 Å². The topological polar surface area (TPSA) is 27.7 Å². The Balaban J connectivity index is 1.75. The minimum absolute atomic E-state index is 0.1000. The Hall–Kier alpha value is -0.995. The fourth-order valence-corrected chi connectivity index (χ4v) is 2.02. The first-order valence-corrected chi connectivity index (χ1v) is 6.63. The van der Waals surface area contributed by atoms with Gasteiger partial charge in [-0.1, -0.05) is 32.0 Å². The van der Waals surface area contributed by atoms with Gasteiger partial charge in [0.15, 0.2) is 0 Å². The number of ether oxygens (including phenoxy) is 1. The fraction of sp³-hybridized carbons (Fsp3) is 0.571. The molecule has 3 rings (SSSR count). The molecular weight excluding hydrogens is 227 g/mol. The van der Waals surface area contributed by atoms with Gasteiger partial charge in [-0.05, 0) is 18.9 Å². The predicted octanol–water partition coefficient (Wildman–Crippen LogP) is 2.00. The molecule has 1 aliphatic heterocycles. The minimum atomic E-state index is -0.284. The molecule has 3 nitrogen and oxygen atoms in total. The molecule has 2 fully saturated rings. The van der Waals surface area contributed by atoms with Gasteiger partial charge in [0, 0.05) is 24.1 Å². The zero-order chi connectivity index (χ0) is 12.6. The second kappa shape index (κ2) is 4.59. The molecule has 1 aromatic rings. The summed E-state index contributed by atoms with van der Waals surface area (Å²) in [5.41, 5.74) is 1.11. The van der Waals surface area contributed by atoms with Crippen LogP contribution >= 0.6 is 0 Å². The molecule has 96 valence electrons. The van der Waals surface area contributed by atoms with E-state index in [0.717, 1.165) is 37.3 Å². The van der Waals surface area contributed by atoms with Gasteiger partial charge in [0.05, 0.1) is 6.10 Å². The average Bonchev–Trinajstić information content (AvgIpc) is 3.14. The van der Waals surface area contributed by atoms with Gasteiger partial charge in [-0.15, -0.1) is 0 Å². The molecule has 1 saturated carbocycles. The molecule has 1 aromatic carbocycles. The Morgan fingerprint density at radius 2 is 1.83 bits per heavy atom. The second-order valence-electron chi connectivity index (χ2n) is 5.97. The SMILES string of the molecule is CC1(C)COB(c2ccccc2OC2CC2)OC1. The fourth-order valence-electron chi connectivity index (χ4n) is 2.02. The lowest BCUT2D eigenvalue weighted by molar-refractivity contribution is 0.0340. The second-order valence-corrected chi connectivity index (χ2v) is 5.97. The van der Waals surface area contributed by atoms with Gasteiger partial charge in [-0.25, -0.2) is 0 Å². The summed E-state index contributed by atoms with van der Waals surface area (Å²) in [5, 5.41) is 0. The monoisotopic (exact) mass is 246 g/mol. The van der Waals surface area contributed by atoms with Crippen molar-refractivity contribution in [3.63, 3.8) is 0 Å². The Kier molecular flexibility index (Phi) is 3.08. The van der Waals surface area contributed by atoms with E-state index < -0.39 is 0 Å². The zero-order valence-electron chi connectivity index (χ0n) is 11.0. The van der Waals surface area contributed by atoms with Crippen LogP contribution in [0.5, 0.6) is 5.75 Å². The van der Waals surface area contributed by atoms with Crippen molar-refractivity contribution in [2.75, 3.05) is 13.2 Å². The van der Waals surface area contributed by atoms with Crippen LogP contribution in [0.25, 0.3) is 0 Å². The maximum absolute atomic E-state index is 5.90. The van der Waals surface area contributed by atoms with E-state index in [0.29, 0.717) is 6.10 Å². The number of hydrogen-bond donors (Lipinski definition) is 0. The van der Waals surface area contributed by atoms with E-state index in [9.17, 15) is 0 Å². The number of para-hydroxylation sites is 1. The lowest BCUT2D eigenvalue weighted by Crippen LogP contribution is -2.47. The quantitative estimate of drug-likeness (QED) is 0.763. The van der Waals surface area contributed by atoms with Crippen molar-refractivity contribution in [2.45, 2.75) is 32.8 Å². The van der Waals surface area contributed by atoms with Crippen molar-refractivity contribution >= 4 is 12.6 Å². The van der Waals surface area contributed by atoms with Crippen LogP contribution in [0.15, 0.2) is 24.3 Å². The molecule has 0 aromatic heterocycles. The van der Waals surface area contributed by atoms with Gasteiger partial charge < -0.3 is 14.0 Å². The van der Waals surface area contributed by atoms with Crippen molar-refractivity contribution in [3.05, 3.63) is 24.3 Å². The molecule has 0 unspecified atom stereocenters. The predicted molar refractivity (Wildman–Crippen MR) is 71.2 cm³/mol. The molecule has 0 radical (unpaired) electrons. The van der Waals surface area contributed by atoms with Gasteiger partial charge >= 0.3 is 7.12 Å². The summed E-state index contributed by atoms with van der Waals surface area (Å²) in [6, 6.07) is 8.02. The zero-order valence-corrected chi connectivity index (χ0v) is 11.0. The Bertz CT molecular complexity index is 419. The van der Waals surface area contributed by atoms with Crippen molar-refractivity contribution in [3.8, 4) is 5.75 Å². The Morgan fingerprint density at radius 1 is 1.17 bits per heavy atom. The van der Waals surface area contributed by atoms with Crippen molar-refractivity contribution in [1.29, 1.82) is 0 Å². The third kappa shape index (κ3) is 2.70. The largest absolute Gasteiger partial charge is 0.497 e. The number of rotatable bonds is 3. The highest BCUT2D eigenvalue weighted by molar-refractivity contribution is 6.62. The van der Waals surface area contributed by atoms with Gasteiger partial charge in [-0.3, -0.25) is 0 Å².